The second-order valence-electron chi connectivity index (χ2n) is 6.87. The number of benzene rings is 1. The summed E-state index contributed by atoms with van der Waals surface area (Å²) in [5.74, 6) is -0.387. The van der Waals surface area contributed by atoms with E-state index in [-0.39, 0.29) is 17.8 Å². The van der Waals surface area contributed by atoms with Crippen molar-refractivity contribution in [2.24, 2.45) is 0 Å². The number of hydrogen-bond donors (Lipinski definition) is 1. The van der Waals surface area contributed by atoms with Crippen LogP contribution in [0.1, 0.15) is 27.0 Å². The highest BCUT2D eigenvalue weighted by atomic mass is 32.1. The van der Waals surface area contributed by atoms with E-state index in [1.165, 1.54) is 23.5 Å². The maximum atomic E-state index is 13.4. The van der Waals surface area contributed by atoms with E-state index < -0.39 is 0 Å². The van der Waals surface area contributed by atoms with Crippen LogP contribution in [0.2, 0.25) is 0 Å². The molecule has 1 unspecified atom stereocenters. The molecule has 8 heteroatoms. The molecule has 0 aliphatic carbocycles. The summed E-state index contributed by atoms with van der Waals surface area (Å²) in [7, 11) is 0. The predicted molar refractivity (Wildman–Crippen MR) is 114 cm³/mol. The van der Waals surface area contributed by atoms with Crippen molar-refractivity contribution >= 4 is 28.6 Å². The maximum absolute atomic E-state index is 13.4. The van der Waals surface area contributed by atoms with Crippen LogP contribution in [0, 0.1) is 12.7 Å². The van der Waals surface area contributed by atoms with Crippen LogP contribution in [0.15, 0.2) is 41.1 Å². The van der Waals surface area contributed by atoms with Crippen molar-refractivity contribution in [3.8, 4) is 10.6 Å². The van der Waals surface area contributed by atoms with Crippen LogP contribution < -0.4 is 5.32 Å². The van der Waals surface area contributed by atoms with Crippen LogP contribution in [0.4, 0.5) is 4.39 Å². The molecule has 1 aliphatic heterocycles. The van der Waals surface area contributed by atoms with E-state index in [0.29, 0.717) is 24.6 Å². The fourth-order valence-electron chi connectivity index (χ4n) is 3.42. The van der Waals surface area contributed by atoms with E-state index in [4.69, 9.17) is 4.74 Å². The van der Waals surface area contributed by atoms with Gasteiger partial charge in [-0.15, -0.1) is 11.3 Å². The summed E-state index contributed by atoms with van der Waals surface area (Å²) >= 11 is 3.02. The Morgan fingerprint density at radius 2 is 2.03 bits per heavy atom. The van der Waals surface area contributed by atoms with Gasteiger partial charge in [0.15, 0.2) is 0 Å². The first-order valence-electron chi connectivity index (χ1n) is 9.47. The molecule has 3 aromatic rings. The number of ether oxygens (including phenoxy) is 1. The van der Waals surface area contributed by atoms with E-state index in [2.05, 4.69) is 15.2 Å². The van der Waals surface area contributed by atoms with Gasteiger partial charge in [-0.3, -0.25) is 9.69 Å². The molecule has 4 rings (SSSR count). The molecule has 1 amide bonds. The molecule has 29 heavy (non-hydrogen) atoms. The molecule has 1 saturated heterocycles. The fourth-order valence-corrected chi connectivity index (χ4v) is 5.11. The molecule has 152 valence electrons. The lowest BCUT2D eigenvalue weighted by Gasteiger charge is -2.34. The Bertz CT molecular complexity index is 951. The number of hydrogen-bond acceptors (Lipinski definition) is 6. The highest BCUT2D eigenvalue weighted by Gasteiger charge is 2.24. The molecule has 1 aliphatic rings. The summed E-state index contributed by atoms with van der Waals surface area (Å²) in [6.45, 7) is 5.17. The molecular formula is C21H22FN3O2S2. The standard InChI is InChI=1S/C21H22FN3O2S2/c1-14-19(29-21(24-14)16-6-11-28-13-16)20(26)23-12-18(25-7-9-27-10-8-25)15-2-4-17(22)5-3-15/h2-6,11,13,18H,7-10,12H2,1H3,(H,23,26). The molecule has 0 spiro atoms. The Kier molecular flexibility index (Phi) is 6.34. The fraction of sp³-hybridized carbons (Fsp3) is 0.333. The van der Waals surface area contributed by atoms with Crippen LogP contribution in [0.25, 0.3) is 10.6 Å². The number of rotatable bonds is 6. The first-order valence-corrected chi connectivity index (χ1v) is 11.2. The zero-order valence-corrected chi connectivity index (χ0v) is 17.7. The highest BCUT2D eigenvalue weighted by Crippen LogP contribution is 2.29. The van der Waals surface area contributed by atoms with E-state index in [1.807, 2.05) is 23.8 Å². The number of thiazole rings is 1. The summed E-state index contributed by atoms with van der Waals surface area (Å²) in [5, 5.41) is 7.96. The van der Waals surface area contributed by atoms with E-state index >= 15 is 0 Å². The number of amides is 1. The number of carbonyl (C=O) groups is 1. The highest BCUT2D eigenvalue weighted by molar-refractivity contribution is 7.17. The van der Waals surface area contributed by atoms with Crippen LogP contribution >= 0.6 is 22.7 Å². The Morgan fingerprint density at radius 1 is 1.28 bits per heavy atom. The van der Waals surface area contributed by atoms with Crippen LogP contribution in [0.3, 0.4) is 0 Å². The first kappa shape index (κ1) is 20.2. The quantitative estimate of drug-likeness (QED) is 0.638. The number of nitrogens with zero attached hydrogens (tertiary/aromatic N) is 2. The average Bonchev–Trinajstić information content (AvgIpc) is 3.40. The van der Waals surface area contributed by atoms with Crippen molar-refractivity contribution in [1.29, 1.82) is 0 Å². The molecule has 1 aromatic carbocycles. The lowest BCUT2D eigenvalue weighted by molar-refractivity contribution is 0.0162. The summed E-state index contributed by atoms with van der Waals surface area (Å²) < 4.78 is 18.8. The van der Waals surface area contributed by atoms with Crippen LogP contribution in [-0.4, -0.2) is 48.6 Å². The van der Waals surface area contributed by atoms with Gasteiger partial charge in [-0.05, 0) is 36.1 Å². The number of halogens is 1. The lowest BCUT2D eigenvalue weighted by Crippen LogP contribution is -2.43. The van der Waals surface area contributed by atoms with Gasteiger partial charge in [0.05, 0.1) is 24.9 Å². The van der Waals surface area contributed by atoms with E-state index in [9.17, 15) is 9.18 Å². The smallest absolute Gasteiger partial charge is 0.263 e. The third kappa shape index (κ3) is 4.72. The lowest BCUT2D eigenvalue weighted by atomic mass is 10.0. The number of carbonyl (C=O) groups excluding carboxylic acids is 1. The van der Waals surface area contributed by atoms with Gasteiger partial charge in [0.1, 0.15) is 15.7 Å². The van der Waals surface area contributed by atoms with Gasteiger partial charge in [0.2, 0.25) is 0 Å². The molecule has 5 nitrogen and oxygen atoms in total. The minimum absolute atomic E-state index is 0.0342. The molecular weight excluding hydrogens is 409 g/mol. The Hall–Kier alpha value is -2.13. The number of nitrogens with one attached hydrogen (secondary N) is 1. The molecule has 0 saturated carbocycles. The van der Waals surface area contributed by atoms with Gasteiger partial charge in [-0.25, -0.2) is 9.37 Å². The van der Waals surface area contributed by atoms with E-state index in [1.54, 1.807) is 23.5 Å². The van der Waals surface area contributed by atoms with Crippen LogP contribution in [0.5, 0.6) is 0 Å². The van der Waals surface area contributed by atoms with Crippen molar-refractivity contribution in [1.82, 2.24) is 15.2 Å². The molecule has 1 N–H and O–H groups in total. The van der Waals surface area contributed by atoms with E-state index in [0.717, 1.165) is 34.9 Å². The third-order valence-electron chi connectivity index (χ3n) is 4.97. The molecule has 0 bridgehead atoms. The molecule has 3 heterocycles. The number of morpholine rings is 1. The van der Waals surface area contributed by atoms with Gasteiger partial charge in [0, 0.05) is 30.6 Å². The van der Waals surface area contributed by atoms with Gasteiger partial charge >= 0.3 is 0 Å². The van der Waals surface area contributed by atoms with Crippen molar-refractivity contribution in [2.45, 2.75) is 13.0 Å². The summed E-state index contributed by atoms with van der Waals surface area (Å²) in [6, 6.07) is 8.47. The van der Waals surface area contributed by atoms with Crippen molar-refractivity contribution in [3.05, 3.63) is 63.0 Å². The monoisotopic (exact) mass is 431 g/mol. The minimum Gasteiger partial charge on any atom is -0.379 e. The van der Waals surface area contributed by atoms with Gasteiger partial charge < -0.3 is 10.1 Å². The first-order chi connectivity index (χ1) is 14.1. The third-order valence-corrected chi connectivity index (χ3v) is 6.86. The number of thiophene rings is 1. The Balaban J connectivity index is 1.49. The van der Waals surface area contributed by atoms with Crippen molar-refractivity contribution in [3.63, 3.8) is 0 Å². The molecule has 1 atom stereocenters. The minimum atomic E-state index is -0.264. The summed E-state index contributed by atoms with van der Waals surface area (Å²) in [4.78, 5) is 20.3. The zero-order valence-electron chi connectivity index (χ0n) is 16.1. The normalized spacial score (nSPS) is 15.9. The number of aromatic nitrogens is 1. The Morgan fingerprint density at radius 3 is 2.72 bits per heavy atom. The largest absolute Gasteiger partial charge is 0.379 e. The average molecular weight is 432 g/mol. The van der Waals surface area contributed by atoms with Crippen LogP contribution in [-0.2, 0) is 4.74 Å². The molecule has 0 radical (unpaired) electrons. The number of aryl methyl sites for hydroxylation is 1. The Labute approximate surface area is 177 Å². The van der Waals surface area contributed by atoms with Gasteiger partial charge in [-0.1, -0.05) is 12.1 Å². The second kappa shape index (κ2) is 9.13. The van der Waals surface area contributed by atoms with Crippen molar-refractivity contribution in [2.75, 3.05) is 32.8 Å². The second-order valence-corrected chi connectivity index (χ2v) is 8.65. The van der Waals surface area contributed by atoms with Gasteiger partial charge in [-0.2, -0.15) is 11.3 Å². The summed E-state index contributed by atoms with van der Waals surface area (Å²) in [6.07, 6.45) is 0. The van der Waals surface area contributed by atoms with Crippen molar-refractivity contribution < 1.29 is 13.9 Å². The topological polar surface area (TPSA) is 54.5 Å². The zero-order chi connectivity index (χ0) is 20.2. The predicted octanol–water partition coefficient (Wildman–Crippen LogP) is 4.12. The maximum Gasteiger partial charge on any atom is 0.263 e. The van der Waals surface area contributed by atoms with Gasteiger partial charge in [0.25, 0.3) is 5.91 Å². The molecule has 1 fully saturated rings. The molecule has 2 aromatic heterocycles. The summed E-state index contributed by atoms with van der Waals surface area (Å²) in [5.41, 5.74) is 2.76. The SMILES string of the molecule is Cc1nc(-c2ccsc2)sc1C(=O)NCC(c1ccc(F)cc1)N1CCOCC1.